The first-order valence-corrected chi connectivity index (χ1v) is 11.0. The van der Waals surface area contributed by atoms with Crippen molar-refractivity contribution in [1.29, 1.82) is 0 Å². The molecule has 6 nitrogen and oxygen atoms in total. The molecule has 0 spiro atoms. The first kappa shape index (κ1) is 20.9. The standard InChI is InChI=1S/C19H31N3O3S/c1-3-19(4-2,15-20)21-18(23)17-11-8-12-22(13-17)26(24,25)14-16-9-6-5-7-10-16/h5-7,9-10,17H,3-4,8,11-15,20H2,1-2H3,(H,21,23). The third-order valence-corrected chi connectivity index (χ3v) is 7.29. The van der Waals surface area contributed by atoms with Crippen LogP contribution in [-0.2, 0) is 20.6 Å². The lowest BCUT2D eigenvalue weighted by Crippen LogP contribution is -2.56. The molecule has 1 heterocycles. The van der Waals surface area contributed by atoms with E-state index in [1.165, 1.54) is 4.31 Å². The molecule has 1 aliphatic heterocycles. The Bertz CT molecular complexity index is 679. The molecular weight excluding hydrogens is 350 g/mol. The van der Waals surface area contributed by atoms with Crippen LogP contribution in [0.2, 0.25) is 0 Å². The van der Waals surface area contributed by atoms with Gasteiger partial charge in [0.15, 0.2) is 0 Å². The van der Waals surface area contributed by atoms with Gasteiger partial charge in [-0.05, 0) is 31.2 Å². The van der Waals surface area contributed by atoms with E-state index in [0.29, 0.717) is 25.9 Å². The van der Waals surface area contributed by atoms with Crippen molar-refractivity contribution in [2.24, 2.45) is 11.7 Å². The molecule has 146 valence electrons. The van der Waals surface area contributed by atoms with Crippen LogP contribution < -0.4 is 11.1 Å². The van der Waals surface area contributed by atoms with E-state index in [-0.39, 0.29) is 24.1 Å². The Hall–Kier alpha value is -1.44. The third kappa shape index (κ3) is 5.05. The molecule has 1 saturated heterocycles. The topological polar surface area (TPSA) is 92.5 Å². The smallest absolute Gasteiger partial charge is 0.224 e. The zero-order chi connectivity index (χ0) is 19.2. The minimum atomic E-state index is -3.43. The molecule has 1 aromatic rings. The molecule has 0 bridgehead atoms. The normalized spacial score (nSPS) is 19.3. The van der Waals surface area contributed by atoms with Gasteiger partial charge in [-0.15, -0.1) is 0 Å². The number of carbonyl (C=O) groups excluding carboxylic acids is 1. The van der Waals surface area contributed by atoms with Crippen molar-refractivity contribution in [1.82, 2.24) is 9.62 Å². The van der Waals surface area contributed by atoms with Crippen LogP contribution in [0.15, 0.2) is 30.3 Å². The van der Waals surface area contributed by atoms with Crippen LogP contribution in [-0.4, -0.2) is 43.8 Å². The molecular formula is C19H31N3O3S. The lowest BCUT2D eigenvalue weighted by Gasteiger charge is -2.36. The largest absolute Gasteiger partial charge is 0.349 e. The fraction of sp³-hybridized carbons (Fsp3) is 0.632. The molecule has 1 aromatic carbocycles. The highest BCUT2D eigenvalue weighted by molar-refractivity contribution is 7.88. The highest BCUT2D eigenvalue weighted by Gasteiger charge is 2.35. The van der Waals surface area contributed by atoms with Crippen LogP contribution in [0.1, 0.15) is 45.1 Å². The summed E-state index contributed by atoms with van der Waals surface area (Å²) in [4.78, 5) is 12.7. The average Bonchev–Trinajstić information content (AvgIpc) is 2.66. The summed E-state index contributed by atoms with van der Waals surface area (Å²) in [6.45, 7) is 5.12. The number of carbonyl (C=O) groups is 1. The quantitative estimate of drug-likeness (QED) is 0.719. The number of nitrogens with two attached hydrogens (primary N) is 1. The molecule has 0 saturated carbocycles. The second-order valence-electron chi connectivity index (χ2n) is 7.12. The number of nitrogens with one attached hydrogen (secondary N) is 1. The zero-order valence-corrected chi connectivity index (χ0v) is 16.6. The Morgan fingerprint density at radius 3 is 2.50 bits per heavy atom. The Morgan fingerprint density at radius 2 is 1.92 bits per heavy atom. The maximum Gasteiger partial charge on any atom is 0.224 e. The van der Waals surface area contributed by atoms with Gasteiger partial charge in [0.25, 0.3) is 0 Å². The van der Waals surface area contributed by atoms with Gasteiger partial charge in [0, 0.05) is 19.6 Å². The molecule has 1 fully saturated rings. The second kappa shape index (κ2) is 8.97. The number of hydrogen-bond donors (Lipinski definition) is 2. The summed E-state index contributed by atoms with van der Waals surface area (Å²) in [7, 11) is -3.43. The van der Waals surface area contributed by atoms with Gasteiger partial charge in [-0.25, -0.2) is 12.7 Å². The lowest BCUT2D eigenvalue weighted by molar-refractivity contribution is -0.128. The van der Waals surface area contributed by atoms with Gasteiger partial charge >= 0.3 is 0 Å². The van der Waals surface area contributed by atoms with Crippen LogP contribution in [0.5, 0.6) is 0 Å². The first-order valence-electron chi connectivity index (χ1n) is 9.39. The monoisotopic (exact) mass is 381 g/mol. The summed E-state index contributed by atoms with van der Waals surface area (Å²) < 4.78 is 27.0. The van der Waals surface area contributed by atoms with Gasteiger partial charge in [-0.1, -0.05) is 44.2 Å². The molecule has 1 aliphatic rings. The summed E-state index contributed by atoms with van der Waals surface area (Å²) in [6, 6.07) is 9.15. The number of rotatable bonds is 8. The lowest BCUT2D eigenvalue weighted by atomic mass is 9.90. The maximum absolute atomic E-state index is 12.8. The summed E-state index contributed by atoms with van der Waals surface area (Å²) in [5.41, 5.74) is 6.23. The van der Waals surface area contributed by atoms with Gasteiger partial charge in [-0.3, -0.25) is 4.79 Å². The predicted octanol–water partition coefficient (Wildman–Crippen LogP) is 1.86. The zero-order valence-electron chi connectivity index (χ0n) is 15.8. The van der Waals surface area contributed by atoms with E-state index in [4.69, 9.17) is 5.73 Å². The summed E-state index contributed by atoms with van der Waals surface area (Å²) in [6.07, 6.45) is 2.92. The van der Waals surface area contributed by atoms with Crippen molar-refractivity contribution in [3.63, 3.8) is 0 Å². The predicted molar refractivity (Wildman–Crippen MR) is 104 cm³/mol. The van der Waals surface area contributed by atoms with Crippen molar-refractivity contribution < 1.29 is 13.2 Å². The second-order valence-corrected chi connectivity index (χ2v) is 9.09. The van der Waals surface area contributed by atoms with Gasteiger partial charge < -0.3 is 11.1 Å². The molecule has 1 amide bonds. The molecule has 1 atom stereocenters. The molecule has 1 unspecified atom stereocenters. The van der Waals surface area contributed by atoms with Crippen LogP contribution in [0.25, 0.3) is 0 Å². The van der Waals surface area contributed by atoms with Crippen LogP contribution in [0.4, 0.5) is 0 Å². The molecule has 0 aliphatic carbocycles. The number of piperidine rings is 1. The van der Waals surface area contributed by atoms with Gasteiger partial charge in [0.1, 0.15) is 0 Å². The maximum atomic E-state index is 12.8. The van der Waals surface area contributed by atoms with Crippen LogP contribution in [0.3, 0.4) is 0 Å². The van der Waals surface area contributed by atoms with E-state index in [9.17, 15) is 13.2 Å². The molecule has 0 aromatic heterocycles. The third-order valence-electron chi connectivity index (χ3n) is 5.47. The number of hydrogen-bond acceptors (Lipinski definition) is 4. The van der Waals surface area contributed by atoms with Crippen LogP contribution in [0, 0.1) is 5.92 Å². The van der Waals surface area contributed by atoms with E-state index >= 15 is 0 Å². The van der Waals surface area contributed by atoms with Crippen molar-refractivity contribution in [3.05, 3.63) is 35.9 Å². The molecule has 0 radical (unpaired) electrons. The summed E-state index contributed by atoms with van der Waals surface area (Å²) >= 11 is 0. The Morgan fingerprint density at radius 1 is 1.27 bits per heavy atom. The number of benzene rings is 1. The van der Waals surface area contributed by atoms with Crippen molar-refractivity contribution >= 4 is 15.9 Å². The Labute approximate surface area is 157 Å². The van der Waals surface area contributed by atoms with E-state index in [1.807, 2.05) is 44.2 Å². The molecule has 26 heavy (non-hydrogen) atoms. The fourth-order valence-electron chi connectivity index (χ4n) is 3.42. The molecule has 2 rings (SSSR count). The van der Waals surface area contributed by atoms with Crippen molar-refractivity contribution in [2.75, 3.05) is 19.6 Å². The number of sulfonamides is 1. The van der Waals surface area contributed by atoms with Crippen molar-refractivity contribution in [2.45, 2.75) is 50.8 Å². The van der Waals surface area contributed by atoms with Gasteiger partial charge in [0.05, 0.1) is 17.2 Å². The van der Waals surface area contributed by atoms with Gasteiger partial charge in [0.2, 0.25) is 15.9 Å². The van der Waals surface area contributed by atoms with E-state index in [1.54, 1.807) is 0 Å². The minimum absolute atomic E-state index is 0.0289. The van der Waals surface area contributed by atoms with Crippen LogP contribution >= 0.6 is 0 Å². The van der Waals surface area contributed by atoms with E-state index < -0.39 is 15.6 Å². The number of amides is 1. The fourth-order valence-corrected chi connectivity index (χ4v) is 5.03. The van der Waals surface area contributed by atoms with E-state index in [0.717, 1.165) is 18.4 Å². The highest BCUT2D eigenvalue weighted by atomic mass is 32.2. The minimum Gasteiger partial charge on any atom is -0.349 e. The SMILES string of the molecule is CCC(CC)(CN)NC(=O)C1CCCN(S(=O)(=O)Cc2ccccc2)C1. The average molecular weight is 382 g/mol. The molecule has 3 N–H and O–H groups in total. The Balaban J connectivity index is 2.05. The molecule has 7 heteroatoms. The number of nitrogens with zero attached hydrogens (tertiary/aromatic N) is 1. The van der Waals surface area contributed by atoms with E-state index in [2.05, 4.69) is 5.32 Å². The van der Waals surface area contributed by atoms with Crippen molar-refractivity contribution in [3.8, 4) is 0 Å². The summed E-state index contributed by atoms with van der Waals surface area (Å²) in [5, 5.41) is 3.09. The summed E-state index contributed by atoms with van der Waals surface area (Å²) in [5.74, 6) is -0.434. The Kier molecular flexibility index (Phi) is 7.20. The highest BCUT2D eigenvalue weighted by Crippen LogP contribution is 2.23. The van der Waals surface area contributed by atoms with Gasteiger partial charge in [-0.2, -0.15) is 0 Å². The first-order chi connectivity index (χ1) is 12.4.